The van der Waals surface area contributed by atoms with Crippen LogP contribution in [-0.2, 0) is 11.2 Å². The fourth-order valence-corrected chi connectivity index (χ4v) is 2.64. The van der Waals surface area contributed by atoms with Gasteiger partial charge in [0.05, 0.1) is 5.60 Å². The number of rotatable bonds is 5. The Kier molecular flexibility index (Phi) is 3.97. The van der Waals surface area contributed by atoms with Gasteiger partial charge < -0.3 is 10.5 Å². The van der Waals surface area contributed by atoms with E-state index in [-0.39, 0.29) is 11.6 Å². The van der Waals surface area contributed by atoms with Crippen molar-refractivity contribution in [1.82, 2.24) is 0 Å². The van der Waals surface area contributed by atoms with Crippen LogP contribution in [0, 0.1) is 11.6 Å². The van der Waals surface area contributed by atoms with E-state index in [0.29, 0.717) is 12.0 Å². The van der Waals surface area contributed by atoms with E-state index in [4.69, 9.17) is 10.5 Å². The molecule has 0 bridgehead atoms. The molecule has 1 aromatic carbocycles. The van der Waals surface area contributed by atoms with Gasteiger partial charge in [-0.05, 0) is 49.8 Å². The number of ether oxygens (including phenoxy) is 1. The van der Waals surface area contributed by atoms with Crippen molar-refractivity contribution >= 4 is 0 Å². The van der Waals surface area contributed by atoms with E-state index in [1.54, 1.807) is 7.11 Å². The van der Waals surface area contributed by atoms with Gasteiger partial charge in [0.1, 0.15) is 11.6 Å². The maximum absolute atomic E-state index is 13.1. The van der Waals surface area contributed by atoms with Crippen LogP contribution in [0.3, 0.4) is 0 Å². The van der Waals surface area contributed by atoms with Crippen molar-refractivity contribution in [3.05, 3.63) is 35.4 Å². The third kappa shape index (κ3) is 3.06. The second kappa shape index (κ2) is 5.33. The summed E-state index contributed by atoms with van der Waals surface area (Å²) in [6, 6.07) is 3.41. The highest BCUT2D eigenvalue weighted by molar-refractivity contribution is 5.19. The number of halogens is 2. The molecular weight excluding hydrogens is 236 g/mol. The predicted octanol–water partition coefficient (Wildman–Crippen LogP) is 2.79. The molecule has 0 aromatic heterocycles. The fraction of sp³-hybridized carbons (Fsp3) is 0.571. The summed E-state index contributed by atoms with van der Waals surface area (Å²) in [7, 11) is 1.70. The number of hydrogen-bond donors (Lipinski definition) is 1. The zero-order valence-electron chi connectivity index (χ0n) is 10.6. The minimum atomic E-state index is -0.553. The molecule has 2 N–H and O–H groups in total. The highest BCUT2D eigenvalue weighted by Gasteiger charge is 2.38. The third-order valence-electron chi connectivity index (χ3n) is 3.75. The predicted molar refractivity (Wildman–Crippen MR) is 66.2 cm³/mol. The minimum Gasteiger partial charge on any atom is -0.378 e. The van der Waals surface area contributed by atoms with Crippen LogP contribution in [-0.4, -0.2) is 18.8 Å². The van der Waals surface area contributed by atoms with E-state index < -0.39 is 11.6 Å². The molecule has 2 nitrogen and oxygen atoms in total. The Labute approximate surface area is 106 Å². The van der Waals surface area contributed by atoms with Gasteiger partial charge in [0.15, 0.2) is 0 Å². The lowest BCUT2D eigenvalue weighted by Crippen LogP contribution is -2.45. The van der Waals surface area contributed by atoms with Gasteiger partial charge in [-0.25, -0.2) is 8.78 Å². The molecule has 0 aliphatic heterocycles. The van der Waals surface area contributed by atoms with Crippen molar-refractivity contribution in [3.8, 4) is 0 Å². The van der Waals surface area contributed by atoms with Crippen LogP contribution in [0.5, 0.6) is 0 Å². The molecule has 1 aromatic rings. The lowest BCUT2D eigenvalue weighted by atomic mass is 9.75. The minimum absolute atomic E-state index is 0.106. The van der Waals surface area contributed by atoms with E-state index in [9.17, 15) is 8.78 Å². The smallest absolute Gasteiger partial charge is 0.126 e. The molecule has 1 fully saturated rings. The number of hydrogen-bond acceptors (Lipinski definition) is 2. The molecule has 1 saturated carbocycles. The van der Waals surface area contributed by atoms with Crippen LogP contribution in [0.1, 0.15) is 31.2 Å². The first-order valence-electron chi connectivity index (χ1n) is 6.29. The lowest BCUT2D eigenvalue weighted by Gasteiger charge is -2.42. The van der Waals surface area contributed by atoms with Crippen molar-refractivity contribution in [3.63, 3.8) is 0 Å². The molecule has 18 heavy (non-hydrogen) atoms. The Hall–Kier alpha value is -1.00. The Balaban J connectivity index is 1.96. The second-order valence-electron chi connectivity index (χ2n) is 5.19. The highest BCUT2D eigenvalue weighted by atomic mass is 19.1. The Bertz CT molecular complexity index is 392. The first-order chi connectivity index (χ1) is 8.53. The summed E-state index contributed by atoms with van der Waals surface area (Å²) < 4.78 is 31.6. The maximum Gasteiger partial charge on any atom is 0.126 e. The van der Waals surface area contributed by atoms with Crippen molar-refractivity contribution in [1.29, 1.82) is 0 Å². The van der Waals surface area contributed by atoms with Gasteiger partial charge in [-0.2, -0.15) is 0 Å². The van der Waals surface area contributed by atoms with Gasteiger partial charge in [-0.15, -0.1) is 0 Å². The molecule has 0 amide bonds. The topological polar surface area (TPSA) is 35.2 Å². The Morgan fingerprint density at radius 3 is 2.33 bits per heavy atom. The largest absolute Gasteiger partial charge is 0.378 e. The maximum atomic E-state index is 13.1. The van der Waals surface area contributed by atoms with E-state index in [2.05, 4.69) is 0 Å². The normalized spacial score (nSPS) is 19.3. The summed E-state index contributed by atoms with van der Waals surface area (Å²) in [4.78, 5) is 0. The van der Waals surface area contributed by atoms with Crippen molar-refractivity contribution in [2.45, 2.75) is 43.7 Å². The second-order valence-corrected chi connectivity index (χ2v) is 5.19. The summed E-state index contributed by atoms with van der Waals surface area (Å²) in [5.41, 5.74) is 6.55. The van der Waals surface area contributed by atoms with Crippen LogP contribution in [0.25, 0.3) is 0 Å². The van der Waals surface area contributed by atoms with Crippen LogP contribution in [0.4, 0.5) is 8.78 Å². The zero-order chi connectivity index (χ0) is 13.2. The number of nitrogens with two attached hydrogens (primary N) is 1. The fourth-order valence-electron chi connectivity index (χ4n) is 2.64. The van der Waals surface area contributed by atoms with Gasteiger partial charge >= 0.3 is 0 Å². The van der Waals surface area contributed by atoms with Crippen molar-refractivity contribution in [2.75, 3.05) is 7.11 Å². The van der Waals surface area contributed by atoms with Crippen LogP contribution >= 0.6 is 0 Å². The summed E-state index contributed by atoms with van der Waals surface area (Å²) in [5, 5.41) is 0. The number of benzene rings is 1. The molecule has 1 unspecified atom stereocenters. The summed E-state index contributed by atoms with van der Waals surface area (Å²) in [5.74, 6) is -1.11. The quantitative estimate of drug-likeness (QED) is 0.878. The Morgan fingerprint density at radius 1 is 1.28 bits per heavy atom. The molecule has 0 radical (unpaired) electrons. The molecular formula is C14H19F2NO. The van der Waals surface area contributed by atoms with E-state index >= 15 is 0 Å². The van der Waals surface area contributed by atoms with Gasteiger partial charge in [0.25, 0.3) is 0 Å². The first-order valence-corrected chi connectivity index (χ1v) is 6.29. The SMILES string of the molecule is COC1(CC(N)Cc2cc(F)cc(F)c2)CCC1. The molecule has 0 heterocycles. The highest BCUT2D eigenvalue weighted by Crippen LogP contribution is 2.38. The van der Waals surface area contributed by atoms with E-state index in [1.165, 1.54) is 12.1 Å². The van der Waals surface area contributed by atoms with Gasteiger partial charge in [-0.1, -0.05) is 0 Å². The summed E-state index contributed by atoms with van der Waals surface area (Å²) in [6.07, 6.45) is 4.42. The van der Waals surface area contributed by atoms with Gasteiger partial charge in [-0.3, -0.25) is 0 Å². The molecule has 0 saturated heterocycles. The van der Waals surface area contributed by atoms with Gasteiger partial charge in [0, 0.05) is 19.2 Å². The zero-order valence-corrected chi connectivity index (χ0v) is 10.6. The lowest BCUT2D eigenvalue weighted by molar-refractivity contribution is -0.0813. The average molecular weight is 255 g/mol. The Morgan fingerprint density at radius 2 is 1.89 bits per heavy atom. The van der Waals surface area contributed by atoms with E-state index in [0.717, 1.165) is 31.7 Å². The first kappa shape index (κ1) is 13.4. The molecule has 2 rings (SSSR count). The summed E-state index contributed by atoms with van der Waals surface area (Å²) >= 11 is 0. The molecule has 100 valence electrons. The molecule has 1 aliphatic rings. The molecule has 4 heteroatoms. The molecule has 1 aliphatic carbocycles. The standard InChI is InChI=1S/C14H19F2NO/c1-18-14(3-2-4-14)9-13(17)7-10-5-11(15)8-12(16)6-10/h5-6,8,13H,2-4,7,9,17H2,1H3. The average Bonchev–Trinajstić information content (AvgIpc) is 2.21. The monoisotopic (exact) mass is 255 g/mol. The van der Waals surface area contributed by atoms with Crippen LogP contribution in [0.2, 0.25) is 0 Å². The van der Waals surface area contributed by atoms with E-state index in [1.807, 2.05) is 0 Å². The van der Waals surface area contributed by atoms with Crippen molar-refractivity contribution in [2.24, 2.45) is 5.73 Å². The van der Waals surface area contributed by atoms with Gasteiger partial charge in [0.2, 0.25) is 0 Å². The van der Waals surface area contributed by atoms with Crippen molar-refractivity contribution < 1.29 is 13.5 Å². The summed E-state index contributed by atoms with van der Waals surface area (Å²) in [6.45, 7) is 0. The third-order valence-corrected chi connectivity index (χ3v) is 3.75. The molecule has 0 spiro atoms. The van der Waals surface area contributed by atoms with Crippen LogP contribution in [0.15, 0.2) is 18.2 Å². The molecule has 1 atom stereocenters. The number of methoxy groups -OCH3 is 1. The van der Waals surface area contributed by atoms with Crippen LogP contribution < -0.4 is 5.73 Å².